The molecule has 2 N–H and O–H groups in total. The van der Waals surface area contributed by atoms with Crippen molar-refractivity contribution in [3.8, 4) is 0 Å². The minimum absolute atomic E-state index is 0.0851. The summed E-state index contributed by atoms with van der Waals surface area (Å²) in [7, 11) is 0. The predicted octanol–water partition coefficient (Wildman–Crippen LogP) is 3.39. The Labute approximate surface area is 121 Å². The first-order valence-electron chi connectivity index (χ1n) is 6.30. The second-order valence-corrected chi connectivity index (χ2v) is 4.77. The van der Waals surface area contributed by atoms with Gasteiger partial charge in [0.05, 0.1) is 11.1 Å². The van der Waals surface area contributed by atoms with Crippen LogP contribution in [0.3, 0.4) is 0 Å². The number of nitrogens with one attached hydrogen (secondary N) is 1. The van der Waals surface area contributed by atoms with Crippen LogP contribution in [0.4, 0.5) is 10.1 Å². The van der Waals surface area contributed by atoms with Crippen molar-refractivity contribution >= 4 is 17.6 Å². The van der Waals surface area contributed by atoms with Crippen LogP contribution in [0, 0.1) is 19.7 Å². The standard InChI is InChI=1S/C16H14FNO3/c1-9-3-6-12(14(17)7-9)15(19)18-11-5-4-10(2)13(8-11)16(20)21/h3-8H,1-2H3,(H,18,19)(H,20,21). The molecular weight excluding hydrogens is 273 g/mol. The monoisotopic (exact) mass is 287 g/mol. The highest BCUT2D eigenvalue weighted by atomic mass is 19.1. The first-order chi connectivity index (χ1) is 9.88. The van der Waals surface area contributed by atoms with E-state index in [1.807, 2.05) is 0 Å². The minimum Gasteiger partial charge on any atom is -0.478 e. The first-order valence-corrected chi connectivity index (χ1v) is 6.30. The zero-order valence-electron chi connectivity index (χ0n) is 11.6. The van der Waals surface area contributed by atoms with Gasteiger partial charge in [-0.2, -0.15) is 0 Å². The zero-order valence-corrected chi connectivity index (χ0v) is 11.6. The van der Waals surface area contributed by atoms with Crippen molar-refractivity contribution in [2.24, 2.45) is 0 Å². The fourth-order valence-corrected chi connectivity index (χ4v) is 1.93. The number of carbonyl (C=O) groups is 2. The molecule has 0 radical (unpaired) electrons. The van der Waals surface area contributed by atoms with Crippen LogP contribution < -0.4 is 5.32 Å². The minimum atomic E-state index is -1.08. The van der Waals surface area contributed by atoms with Gasteiger partial charge in [-0.3, -0.25) is 4.79 Å². The Balaban J connectivity index is 2.27. The van der Waals surface area contributed by atoms with E-state index in [9.17, 15) is 14.0 Å². The van der Waals surface area contributed by atoms with Crippen molar-refractivity contribution < 1.29 is 19.1 Å². The lowest BCUT2D eigenvalue weighted by atomic mass is 10.1. The Morgan fingerprint density at radius 2 is 1.76 bits per heavy atom. The van der Waals surface area contributed by atoms with E-state index in [1.165, 1.54) is 18.2 Å². The smallest absolute Gasteiger partial charge is 0.336 e. The molecule has 1 amide bonds. The predicted molar refractivity (Wildman–Crippen MR) is 77.2 cm³/mol. The molecule has 0 saturated carbocycles. The van der Waals surface area contributed by atoms with Crippen molar-refractivity contribution in [3.63, 3.8) is 0 Å². The van der Waals surface area contributed by atoms with E-state index in [2.05, 4.69) is 5.32 Å². The molecule has 0 saturated heterocycles. The molecule has 2 aromatic carbocycles. The highest BCUT2D eigenvalue weighted by Gasteiger charge is 2.13. The molecule has 0 aliphatic carbocycles. The van der Waals surface area contributed by atoms with E-state index >= 15 is 0 Å². The molecule has 5 heteroatoms. The topological polar surface area (TPSA) is 66.4 Å². The van der Waals surface area contributed by atoms with E-state index in [-0.39, 0.29) is 11.1 Å². The van der Waals surface area contributed by atoms with Gasteiger partial charge in [0.2, 0.25) is 0 Å². The Morgan fingerprint density at radius 3 is 2.38 bits per heavy atom. The second-order valence-electron chi connectivity index (χ2n) is 4.77. The van der Waals surface area contributed by atoms with Crippen molar-refractivity contribution in [1.29, 1.82) is 0 Å². The van der Waals surface area contributed by atoms with Gasteiger partial charge in [0.1, 0.15) is 5.82 Å². The summed E-state index contributed by atoms with van der Waals surface area (Å²) in [6, 6.07) is 8.81. The molecule has 0 fully saturated rings. The third-order valence-corrected chi connectivity index (χ3v) is 3.10. The molecule has 0 aliphatic heterocycles. The van der Waals surface area contributed by atoms with Crippen LogP contribution in [-0.4, -0.2) is 17.0 Å². The van der Waals surface area contributed by atoms with Gasteiger partial charge in [0, 0.05) is 5.69 Å². The van der Waals surface area contributed by atoms with Crippen LogP contribution in [0.25, 0.3) is 0 Å². The number of aryl methyl sites for hydroxylation is 2. The maximum absolute atomic E-state index is 13.7. The fraction of sp³-hybridized carbons (Fsp3) is 0.125. The normalized spacial score (nSPS) is 10.2. The average Bonchev–Trinajstić information content (AvgIpc) is 2.40. The number of carbonyl (C=O) groups excluding carboxylic acids is 1. The molecule has 0 aromatic heterocycles. The van der Waals surface area contributed by atoms with Gasteiger partial charge in [0.25, 0.3) is 5.91 Å². The number of amides is 1. The summed E-state index contributed by atoms with van der Waals surface area (Å²) in [5, 5.41) is 11.5. The summed E-state index contributed by atoms with van der Waals surface area (Å²) in [5.41, 5.74) is 1.62. The summed E-state index contributed by atoms with van der Waals surface area (Å²) in [6.45, 7) is 3.39. The van der Waals surface area contributed by atoms with Gasteiger partial charge in [0.15, 0.2) is 0 Å². The lowest BCUT2D eigenvalue weighted by Crippen LogP contribution is -2.14. The molecule has 0 atom stereocenters. The van der Waals surface area contributed by atoms with Crippen LogP contribution in [0.1, 0.15) is 31.8 Å². The summed E-state index contributed by atoms with van der Waals surface area (Å²) < 4.78 is 13.7. The molecule has 4 nitrogen and oxygen atoms in total. The van der Waals surface area contributed by atoms with Crippen molar-refractivity contribution in [2.75, 3.05) is 5.32 Å². The van der Waals surface area contributed by atoms with E-state index in [0.29, 0.717) is 16.8 Å². The van der Waals surface area contributed by atoms with Crippen molar-refractivity contribution in [3.05, 3.63) is 64.5 Å². The number of anilines is 1. The molecule has 108 valence electrons. The van der Waals surface area contributed by atoms with Crippen molar-refractivity contribution in [2.45, 2.75) is 13.8 Å². The molecular formula is C16H14FNO3. The molecule has 2 rings (SSSR count). The SMILES string of the molecule is Cc1ccc(C(=O)Nc2ccc(C)c(C(=O)O)c2)c(F)c1. The lowest BCUT2D eigenvalue weighted by Gasteiger charge is -2.09. The van der Waals surface area contributed by atoms with Crippen LogP contribution in [-0.2, 0) is 0 Å². The zero-order chi connectivity index (χ0) is 15.6. The summed E-state index contributed by atoms with van der Waals surface area (Å²) >= 11 is 0. The molecule has 0 bridgehead atoms. The Kier molecular flexibility index (Phi) is 4.03. The highest BCUT2D eigenvalue weighted by Crippen LogP contribution is 2.17. The number of carboxylic acid groups (broad SMARTS) is 1. The molecule has 0 heterocycles. The summed E-state index contributed by atoms with van der Waals surface area (Å²) in [4.78, 5) is 23.1. The Morgan fingerprint density at radius 1 is 1.05 bits per heavy atom. The number of aromatic carboxylic acids is 1. The molecule has 0 unspecified atom stereocenters. The van der Waals surface area contributed by atoms with Gasteiger partial charge < -0.3 is 10.4 Å². The lowest BCUT2D eigenvalue weighted by molar-refractivity contribution is 0.0695. The number of halogens is 1. The van der Waals surface area contributed by atoms with Gasteiger partial charge in [-0.05, 0) is 49.2 Å². The Hall–Kier alpha value is -2.69. The van der Waals surface area contributed by atoms with Gasteiger partial charge in [-0.25, -0.2) is 9.18 Å². The number of carboxylic acids is 1. The van der Waals surface area contributed by atoms with Crippen molar-refractivity contribution in [1.82, 2.24) is 0 Å². The van der Waals surface area contributed by atoms with Gasteiger partial charge >= 0.3 is 5.97 Å². The molecule has 0 spiro atoms. The fourth-order valence-electron chi connectivity index (χ4n) is 1.93. The third kappa shape index (κ3) is 3.25. The van der Waals surface area contributed by atoms with Gasteiger partial charge in [-0.1, -0.05) is 12.1 Å². The summed E-state index contributed by atoms with van der Waals surface area (Å²) in [6.07, 6.45) is 0. The van der Waals surface area contributed by atoms with Crippen LogP contribution in [0.5, 0.6) is 0 Å². The summed E-state index contributed by atoms with van der Waals surface area (Å²) in [5.74, 6) is -2.31. The second kappa shape index (κ2) is 5.75. The van der Waals surface area contributed by atoms with Crippen LogP contribution in [0.15, 0.2) is 36.4 Å². The molecule has 2 aromatic rings. The largest absolute Gasteiger partial charge is 0.478 e. The van der Waals surface area contributed by atoms with Gasteiger partial charge in [-0.15, -0.1) is 0 Å². The maximum atomic E-state index is 13.7. The average molecular weight is 287 g/mol. The van der Waals surface area contributed by atoms with E-state index < -0.39 is 17.7 Å². The highest BCUT2D eigenvalue weighted by molar-refractivity contribution is 6.05. The van der Waals surface area contributed by atoms with E-state index in [4.69, 9.17) is 5.11 Å². The van der Waals surface area contributed by atoms with E-state index in [1.54, 1.807) is 32.0 Å². The van der Waals surface area contributed by atoms with E-state index in [0.717, 1.165) is 0 Å². The maximum Gasteiger partial charge on any atom is 0.336 e. The quantitative estimate of drug-likeness (QED) is 0.909. The number of benzene rings is 2. The third-order valence-electron chi connectivity index (χ3n) is 3.10. The number of rotatable bonds is 3. The van der Waals surface area contributed by atoms with Crippen LogP contribution >= 0.6 is 0 Å². The molecule has 0 aliphatic rings. The molecule has 21 heavy (non-hydrogen) atoms. The first kappa shape index (κ1) is 14.7. The van der Waals surface area contributed by atoms with Crippen LogP contribution in [0.2, 0.25) is 0 Å². The number of hydrogen-bond acceptors (Lipinski definition) is 2. The number of hydrogen-bond donors (Lipinski definition) is 2. The Bertz CT molecular complexity index is 725.